The predicted molar refractivity (Wildman–Crippen MR) is 93.5 cm³/mol. The van der Waals surface area contributed by atoms with Gasteiger partial charge in [0.1, 0.15) is 0 Å². The first-order valence-electron chi connectivity index (χ1n) is 8.20. The van der Waals surface area contributed by atoms with Gasteiger partial charge in [-0.2, -0.15) is 0 Å². The Morgan fingerprint density at radius 1 is 1.24 bits per heavy atom. The van der Waals surface area contributed by atoms with Crippen LogP contribution in [0.5, 0.6) is 0 Å². The van der Waals surface area contributed by atoms with Crippen LogP contribution in [-0.2, 0) is 0 Å². The van der Waals surface area contributed by atoms with Gasteiger partial charge in [0.25, 0.3) is 0 Å². The van der Waals surface area contributed by atoms with Crippen LogP contribution in [0, 0.1) is 11.8 Å². The maximum absolute atomic E-state index is 6.49. The molecule has 3 unspecified atom stereocenters. The molecule has 0 heterocycles. The molecule has 1 aliphatic carbocycles. The van der Waals surface area contributed by atoms with Crippen molar-refractivity contribution >= 4 is 23.2 Å². The van der Waals surface area contributed by atoms with E-state index in [1.165, 1.54) is 31.2 Å². The van der Waals surface area contributed by atoms with E-state index < -0.39 is 0 Å². The summed E-state index contributed by atoms with van der Waals surface area (Å²) in [6, 6.07) is 6.62. The number of hydrogen-bond acceptors (Lipinski definition) is 1. The lowest BCUT2D eigenvalue weighted by Gasteiger charge is -2.37. The molecule has 1 N–H and O–H groups in total. The first kappa shape index (κ1) is 17.1. The van der Waals surface area contributed by atoms with Gasteiger partial charge in [-0.3, -0.25) is 0 Å². The highest BCUT2D eigenvalue weighted by atomic mass is 35.5. The quantitative estimate of drug-likeness (QED) is 0.709. The van der Waals surface area contributed by atoms with Crippen molar-refractivity contribution in [1.82, 2.24) is 5.32 Å². The normalized spacial score (nSPS) is 26.3. The van der Waals surface area contributed by atoms with Gasteiger partial charge in [-0.25, -0.2) is 0 Å². The molecule has 1 aromatic carbocycles. The van der Waals surface area contributed by atoms with Crippen LogP contribution in [0.4, 0.5) is 0 Å². The summed E-state index contributed by atoms with van der Waals surface area (Å²) in [5, 5.41) is 5.05. The molecule has 1 saturated carbocycles. The van der Waals surface area contributed by atoms with Crippen molar-refractivity contribution in [2.24, 2.45) is 11.8 Å². The summed E-state index contributed by atoms with van der Waals surface area (Å²) >= 11 is 12.7. The molecule has 2 rings (SSSR count). The molecular formula is C18H27Cl2N. The smallest absolute Gasteiger partial charge is 0.0627 e. The molecule has 3 heteroatoms. The first-order valence-corrected chi connectivity index (χ1v) is 8.95. The Kier molecular flexibility index (Phi) is 6.40. The van der Waals surface area contributed by atoms with Gasteiger partial charge in [-0.1, -0.05) is 68.9 Å². The van der Waals surface area contributed by atoms with E-state index in [0.29, 0.717) is 22.9 Å². The third kappa shape index (κ3) is 4.37. The molecule has 0 aliphatic heterocycles. The molecule has 0 aromatic heterocycles. The topological polar surface area (TPSA) is 12.0 Å². The van der Waals surface area contributed by atoms with E-state index in [1.807, 2.05) is 12.1 Å². The lowest BCUT2D eigenvalue weighted by Crippen LogP contribution is -2.35. The maximum atomic E-state index is 6.49. The van der Waals surface area contributed by atoms with Gasteiger partial charge in [0.15, 0.2) is 0 Å². The summed E-state index contributed by atoms with van der Waals surface area (Å²) in [4.78, 5) is 0. The number of hydrogen-bond donors (Lipinski definition) is 1. The van der Waals surface area contributed by atoms with E-state index >= 15 is 0 Å². The molecule has 0 saturated heterocycles. The van der Waals surface area contributed by atoms with Crippen molar-refractivity contribution in [3.05, 3.63) is 33.8 Å². The number of nitrogens with one attached hydrogen (secondary N) is 1. The van der Waals surface area contributed by atoms with Gasteiger partial charge >= 0.3 is 0 Å². The van der Waals surface area contributed by atoms with E-state index in [4.69, 9.17) is 23.2 Å². The van der Waals surface area contributed by atoms with Crippen LogP contribution in [0.15, 0.2) is 18.2 Å². The predicted octanol–water partition coefficient (Wildman–Crippen LogP) is 5.90. The molecule has 0 bridgehead atoms. The molecule has 118 valence electrons. The maximum Gasteiger partial charge on any atom is 0.0627 e. The van der Waals surface area contributed by atoms with Crippen LogP contribution in [0.1, 0.15) is 57.9 Å². The third-order valence-electron chi connectivity index (χ3n) is 4.85. The van der Waals surface area contributed by atoms with Crippen LogP contribution >= 0.6 is 23.2 Å². The number of rotatable bonds is 5. The number of benzene rings is 1. The average Bonchev–Trinajstić information content (AvgIpc) is 2.48. The zero-order valence-corrected chi connectivity index (χ0v) is 14.8. The Morgan fingerprint density at radius 2 is 2.00 bits per heavy atom. The van der Waals surface area contributed by atoms with E-state index in [-0.39, 0.29) is 0 Å². The minimum Gasteiger partial charge on any atom is -0.314 e. The molecular weight excluding hydrogens is 301 g/mol. The van der Waals surface area contributed by atoms with E-state index in [1.54, 1.807) is 0 Å². The second-order valence-corrected chi connectivity index (χ2v) is 7.45. The standard InChI is InChI=1S/C18H27Cl2N/c1-4-13-8-9-14(11-21-12(2)3)16(10-13)15-6-5-7-17(19)18(15)20/h5-7,12-14,16,21H,4,8-11H2,1-3H3. The van der Waals surface area contributed by atoms with Crippen LogP contribution in [0.2, 0.25) is 10.0 Å². The summed E-state index contributed by atoms with van der Waals surface area (Å²) in [6.45, 7) is 7.79. The summed E-state index contributed by atoms with van der Waals surface area (Å²) in [5.41, 5.74) is 1.25. The Balaban J connectivity index is 2.21. The second-order valence-electron chi connectivity index (χ2n) is 6.66. The number of halogens is 2. The largest absolute Gasteiger partial charge is 0.314 e. The van der Waals surface area contributed by atoms with Gasteiger partial charge in [0, 0.05) is 6.04 Å². The van der Waals surface area contributed by atoms with Gasteiger partial charge < -0.3 is 5.32 Å². The van der Waals surface area contributed by atoms with Crippen molar-refractivity contribution in [1.29, 1.82) is 0 Å². The highest BCUT2D eigenvalue weighted by Crippen LogP contribution is 2.44. The van der Waals surface area contributed by atoms with Gasteiger partial charge in [0.05, 0.1) is 10.0 Å². The molecule has 0 radical (unpaired) electrons. The van der Waals surface area contributed by atoms with Gasteiger partial charge in [0.2, 0.25) is 0 Å². The SMILES string of the molecule is CCC1CCC(CNC(C)C)C(c2cccc(Cl)c2Cl)C1. The highest BCUT2D eigenvalue weighted by Gasteiger charge is 2.32. The Morgan fingerprint density at radius 3 is 2.67 bits per heavy atom. The molecule has 0 spiro atoms. The molecule has 21 heavy (non-hydrogen) atoms. The highest BCUT2D eigenvalue weighted by molar-refractivity contribution is 6.42. The minimum atomic E-state index is 0.529. The van der Waals surface area contributed by atoms with Crippen molar-refractivity contribution in [3.63, 3.8) is 0 Å². The molecule has 1 aromatic rings. The summed E-state index contributed by atoms with van der Waals surface area (Å²) in [7, 11) is 0. The van der Waals surface area contributed by atoms with Crippen molar-refractivity contribution < 1.29 is 0 Å². The minimum absolute atomic E-state index is 0.529. The monoisotopic (exact) mass is 327 g/mol. The Labute approximate surface area is 139 Å². The van der Waals surface area contributed by atoms with E-state index in [2.05, 4.69) is 32.2 Å². The lowest BCUT2D eigenvalue weighted by molar-refractivity contribution is 0.222. The van der Waals surface area contributed by atoms with Gasteiger partial charge in [-0.15, -0.1) is 0 Å². The fourth-order valence-electron chi connectivity index (χ4n) is 3.51. The molecule has 1 fully saturated rings. The summed E-state index contributed by atoms with van der Waals surface area (Å²) in [5.74, 6) is 2.01. The first-order chi connectivity index (χ1) is 10.0. The van der Waals surface area contributed by atoms with Crippen molar-refractivity contribution in [3.8, 4) is 0 Å². The van der Waals surface area contributed by atoms with E-state index in [0.717, 1.165) is 17.5 Å². The molecule has 3 atom stereocenters. The summed E-state index contributed by atoms with van der Waals surface area (Å²) in [6.07, 6.45) is 5.13. The third-order valence-corrected chi connectivity index (χ3v) is 5.68. The average molecular weight is 328 g/mol. The van der Waals surface area contributed by atoms with Crippen molar-refractivity contribution in [2.75, 3.05) is 6.54 Å². The van der Waals surface area contributed by atoms with Crippen LogP contribution < -0.4 is 5.32 Å². The summed E-state index contributed by atoms with van der Waals surface area (Å²) < 4.78 is 0. The van der Waals surface area contributed by atoms with Crippen molar-refractivity contribution in [2.45, 2.75) is 58.4 Å². The van der Waals surface area contributed by atoms with Gasteiger partial charge in [-0.05, 0) is 48.8 Å². The Hall–Kier alpha value is -0.240. The van der Waals surface area contributed by atoms with Crippen LogP contribution in [-0.4, -0.2) is 12.6 Å². The zero-order chi connectivity index (χ0) is 15.4. The van der Waals surface area contributed by atoms with Crippen LogP contribution in [0.25, 0.3) is 0 Å². The lowest BCUT2D eigenvalue weighted by atomic mass is 9.70. The fourth-order valence-corrected chi connectivity index (χ4v) is 3.96. The molecule has 1 nitrogen and oxygen atoms in total. The molecule has 0 amide bonds. The Bertz CT molecular complexity index is 459. The fraction of sp³-hybridized carbons (Fsp3) is 0.667. The zero-order valence-electron chi connectivity index (χ0n) is 13.3. The molecule has 1 aliphatic rings. The van der Waals surface area contributed by atoms with E-state index in [9.17, 15) is 0 Å². The second kappa shape index (κ2) is 7.85. The van der Waals surface area contributed by atoms with Crippen LogP contribution in [0.3, 0.4) is 0 Å².